The summed E-state index contributed by atoms with van der Waals surface area (Å²) in [5, 5.41) is 0. The van der Waals surface area contributed by atoms with Gasteiger partial charge >= 0.3 is 0 Å². The van der Waals surface area contributed by atoms with Gasteiger partial charge in [-0.25, -0.2) is 0 Å². The maximum absolute atomic E-state index is 5.55. The average Bonchev–Trinajstić information content (AvgIpc) is 2.64. The number of benzene rings is 2. The Kier molecular flexibility index (Phi) is 6.45. The number of nitrogens with zero attached hydrogens (tertiary/aromatic N) is 1. The van der Waals surface area contributed by atoms with E-state index in [-0.39, 0.29) is 0 Å². The maximum atomic E-state index is 5.55. The molecule has 0 radical (unpaired) electrons. The molecule has 1 unspecified atom stereocenters. The van der Waals surface area contributed by atoms with Crippen LogP contribution in [0.15, 0.2) is 54.6 Å². The van der Waals surface area contributed by atoms with Gasteiger partial charge in [0.05, 0.1) is 13.2 Å². The molecule has 1 fully saturated rings. The second kappa shape index (κ2) is 9.00. The molecule has 1 aliphatic heterocycles. The first-order chi connectivity index (χ1) is 11.8. The lowest BCUT2D eigenvalue weighted by atomic mass is 9.97. The fourth-order valence-electron chi connectivity index (χ4n) is 3.54. The molecule has 1 saturated heterocycles. The third kappa shape index (κ3) is 5.19. The van der Waals surface area contributed by atoms with Crippen molar-refractivity contribution >= 4 is 0 Å². The molecule has 0 aromatic heterocycles. The number of morpholine rings is 1. The molecule has 0 saturated carbocycles. The van der Waals surface area contributed by atoms with Gasteiger partial charge in [-0.3, -0.25) is 4.90 Å². The summed E-state index contributed by atoms with van der Waals surface area (Å²) in [6.45, 7) is 6.05. The van der Waals surface area contributed by atoms with Crippen molar-refractivity contribution in [1.82, 2.24) is 4.90 Å². The molecule has 2 heteroatoms. The summed E-state index contributed by atoms with van der Waals surface area (Å²) in [5.41, 5.74) is 4.25. The first-order valence-corrected chi connectivity index (χ1v) is 9.22. The van der Waals surface area contributed by atoms with Crippen molar-refractivity contribution in [2.24, 2.45) is 0 Å². The van der Waals surface area contributed by atoms with Crippen LogP contribution in [-0.2, 0) is 17.6 Å². The molecule has 2 aromatic rings. The SMILES string of the molecule is Cc1ccc(CC(CCCc2ccccc2)N2CCOCC2)cc1. The van der Waals surface area contributed by atoms with E-state index in [4.69, 9.17) is 4.74 Å². The van der Waals surface area contributed by atoms with Crippen LogP contribution < -0.4 is 0 Å². The molecule has 24 heavy (non-hydrogen) atoms. The van der Waals surface area contributed by atoms with Crippen LogP contribution in [0, 0.1) is 6.92 Å². The topological polar surface area (TPSA) is 12.5 Å². The molecule has 2 aromatic carbocycles. The fraction of sp³-hybridized carbons (Fsp3) is 0.455. The number of aryl methyl sites for hydroxylation is 2. The fourth-order valence-corrected chi connectivity index (χ4v) is 3.54. The van der Waals surface area contributed by atoms with E-state index < -0.39 is 0 Å². The van der Waals surface area contributed by atoms with Crippen molar-refractivity contribution in [3.8, 4) is 0 Å². The van der Waals surface area contributed by atoms with Gasteiger partial charge in [-0.2, -0.15) is 0 Å². The number of hydrogen-bond donors (Lipinski definition) is 0. The molecule has 3 rings (SSSR count). The van der Waals surface area contributed by atoms with E-state index in [9.17, 15) is 0 Å². The Morgan fingerprint density at radius 1 is 0.917 bits per heavy atom. The maximum Gasteiger partial charge on any atom is 0.0594 e. The Bertz CT molecular complexity index is 587. The molecular weight excluding hydrogens is 294 g/mol. The van der Waals surface area contributed by atoms with E-state index in [0.29, 0.717) is 6.04 Å². The van der Waals surface area contributed by atoms with Gasteiger partial charge in [0, 0.05) is 19.1 Å². The second-order valence-electron chi connectivity index (χ2n) is 6.87. The van der Waals surface area contributed by atoms with Gasteiger partial charge in [-0.05, 0) is 43.7 Å². The van der Waals surface area contributed by atoms with Crippen molar-refractivity contribution in [3.05, 3.63) is 71.3 Å². The lowest BCUT2D eigenvalue weighted by Crippen LogP contribution is -2.44. The minimum Gasteiger partial charge on any atom is -0.379 e. The lowest BCUT2D eigenvalue weighted by molar-refractivity contribution is 0.0144. The summed E-state index contributed by atoms with van der Waals surface area (Å²) < 4.78 is 5.55. The molecule has 1 heterocycles. The van der Waals surface area contributed by atoms with Crippen LogP contribution in [0.2, 0.25) is 0 Å². The first-order valence-electron chi connectivity index (χ1n) is 9.22. The van der Waals surface area contributed by atoms with E-state index in [1.165, 1.54) is 36.0 Å². The van der Waals surface area contributed by atoms with Crippen LogP contribution in [-0.4, -0.2) is 37.2 Å². The van der Waals surface area contributed by atoms with Gasteiger partial charge in [0.15, 0.2) is 0 Å². The summed E-state index contributed by atoms with van der Waals surface area (Å²) in [7, 11) is 0. The molecule has 1 aliphatic rings. The van der Waals surface area contributed by atoms with Gasteiger partial charge in [0.2, 0.25) is 0 Å². The summed E-state index contributed by atoms with van der Waals surface area (Å²) in [5.74, 6) is 0. The highest BCUT2D eigenvalue weighted by Crippen LogP contribution is 2.18. The predicted molar refractivity (Wildman–Crippen MR) is 100 cm³/mol. The molecule has 0 N–H and O–H groups in total. The lowest BCUT2D eigenvalue weighted by Gasteiger charge is -2.35. The van der Waals surface area contributed by atoms with Crippen LogP contribution in [0.25, 0.3) is 0 Å². The Morgan fingerprint density at radius 3 is 2.33 bits per heavy atom. The predicted octanol–water partition coefficient (Wildman–Crippen LogP) is 4.26. The van der Waals surface area contributed by atoms with Crippen LogP contribution in [0.1, 0.15) is 29.5 Å². The molecule has 0 bridgehead atoms. The van der Waals surface area contributed by atoms with Crippen molar-refractivity contribution in [1.29, 1.82) is 0 Å². The largest absolute Gasteiger partial charge is 0.379 e. The average molecular weight is 323 g/mol. The normalized spacial score (nSPS) is 16.9. The summed E-state index contributed by atoms with van der Waals surface area (Å²) in [4.78, 5) is 2.63. The summed E-state index contributed by atoms with van der Waals surface area (Å²) in [6, 6.07) is 20.5. The van der Waals surface area contributed by atoms with Gasteiger partial charge in [0.1, 0.15) is 0 Å². The summed E-state index contributed by atoms with van der Waals surface area (Å²) >= 11 is 0. The monoisotopic (exact) mass is 323 g/mol. The van der Waals surface area contributed by atoms with E-state index >= 15 is 0 Å². The Labute approximate surface area is 146 Å². The van der Waals surface area contributed by atoms with Gasteiger partial charge in [0.25, 0.3) is 0 Å². The van der Waals surface area contributed by atoms with Crippen LogP contribution in [0.3, 0.4) is 0 Å². The number of ether oxygens (including phenoxy) is 1. The van der Waals surface area contributed by atoms with Crippen molar-refractivity contribution < 1.29 is 4.74 Å². The van der Waals surface area contributed by atoms with Gasteiger partial charge in [-0.1, -0.05) is 60.2 Å². The number of rotatable bonds is 7. The molecule has 2 nitrogen and oxygen atoms in total. The second-order valence-corrected chi connectivity index (χ2v) is 6.87. The highest BCUT2D eigenvalue weighted by molar-refractivity contribution is 5.22. The third-order valence-electron chi connectivity index (χ3n) is 5.00. The smallest absolute Gasteiger partial charge is 0.0594 e. The van der Waals surface area contributed by atoms with Crippen LogP contribution in [0.4, 0.5) is 0 Å². The quantitative estimate of drug-likeness (QED) is 0.755. The summed E-state index contributed by atoms with van der Waals surface area (Å²) in [6.07, 6.45) is 4.82. The molecule has 128 valence electrons. The zero-order valence-electron chi connectivity index (χ0n) is 14.8. The molecule has 1 atom stereocenters. The number of hydrogen-bond acceptors (Lipinski definition) is 2. The van der Waals surface area contributed by atoms with E-state index in [1.807, 2.05) is 0 Å². The van der Waals surface area contributed by atoms with Crippen molar-refractivity contribution in [2.75, 3.05) is 26.3 Å². The molecule has 0 amide bonds. The minimum atomic E-state index is 0.625. The highest BCUT2D eigenvalue weighted by atomic mass is 16.5. The third-order valence-corrected chi connectivity index (χ3v) is 5.00. The zero-order chi connectivity index (χ0) is 16.6. The van der Waals surface area contributed by atoms with Crippen LogP contribution >= 0.6 is 0 Å². The molecule has 0 aliphatic carbocycles. The highest BCUT2D eigenvalue weighted by Gasteiger charge is 2.21. The van der Waals surface area contributed by atoms with Gasteiger partial charge < -0.3 is 4.74 Å². The Morgan fingerprint density at radius 2 is 1.62 bits per heavy atom. The Hall–Kier alpha value is -1.64. The molecular formula is C22H29NO. The minimum absolute atomic E-state index is 0.625. The van der Waals surface area contributed by atoms with E-state index in [0.717, 1.165) is 32.7 Å². The standard InChI is InChI=1S/C22H29NO/c1-19-10-12-21(13-11-19)18-22(23-14-16-24-17-15-23)9-5-8-20-6-3-2-4-7-20/h2-4,6-7,10-13,22H,5,8-9,14-18H2,1H3. The molecule has 0 spiro atoms. The van der Waals surface area contributed by atoms with Crippen molar-refractivity contribution in [3.63, 3.8) is 0 Å². The Balaban J connectivity index is 1.59. The first kappa shape index (κ1) is 17.2. The zero-order valence-corrected chi connectivity index (χ0v) is 14.8. The van der Waals surface area contributed by atoms with Crippen molar-refractivity contribution in [2.45, 2.75) is 38.6 Å². The van der Waals surface area contributed by atoms with Crippen LogP contribution in [0.5, 0.6) is 0 Å². The van der Waals surface area contributed by atoms with Gasteiger partial charge in [-0.15, -0.1) is 0 Å². The van der Waals surface area contributed by atoms with E-state index in [2.05, 4.69) is 66.4 Å². The van der Waals surface area contributed by atoms with E-state index in [1.54, 1.807) is 0 Å².